The molecule has 0 N–H and O–H groups in total. The van der Waals surface area contributed by atoms with E-state index in [0.29, 0.717) is 67.2 Å². The SMILES string of the molecule is [2H]c1c2c3c(c([2H])c1C(C)(C)C)N(c1c(-c4cccc5c4ccc4ccccc45)cccc1-c1cccc4c1ccc1ccccc14)c1cc(-n4c5c([2H])c([2H])c([2H])c([2H])c5c5c([2H])c(-c6ccccc6)c([2H])c([2H])c54)ccc1B3c1ccc(-n3c4c([2H])c([2H])c([2H])c([2H])c4c4c([2H])c(-c5ccccc5)c([2H])c([2H])c43)cc1N2c1c(-c2ccccc2)cc(C(C)(C)C)cc1-c1ccccc1. The molecule has 2 aliphatic rings. The monoisotopic (exact) mass is 1530 g/mol. The summed E-state index contributed by atoms with van der Waals surface area (Å²) in [7, 11) is 0. The van der Waals surface area contributed by atoms with Crippen molar-refractivity contribution in [1.82, 2.24) is 9.13 Å². The maximum Gasteiger partial charge on any atom is 0.252 e. The average molecular weight is 1540 g/mol. The van der Waals surface area contributed by atoms with E-state index in [-0.39, 0.29) is 114 Å². The first-order valence-corrected chi connectivity index (χ1v) is 40.5. The van der Waals surface area contributed by atoms with E-state index in [0.717, 1.165) is 93.2 Å². The number of benzene rings is 19. The Morgan fingerprint density at radius 3 is 1.08 bits per heavy atom. The van der Waals surface area contributed by atoms with Crippen molar-refractivity contribution in [2.45, 2.75) is 52.4 Å². The second kappa shape index (κ2) is 27.0. The number of fused-ring (bicyclic) bond motifs is 16. The first kappa shape index (κ1) is 55.1. The molecule has 0 aliphatic carbocycles. The fourth-order valence-corrected chi connectivity index (χ4v) is 18.7. The minimum absolute atomic E-state index is 0.00672. The molecular weight excluding hydrogens is 1440 g/mol. The Balaban J connectivity index is 0.942. The predicted octanol–water partition coefficient (Wildman–Crippen LogP) is 29.2. The number of anilines is 6. The van der Waals surface area contributed by atoms with Crippen molar-refractivity contribution >= 4 is 144 Å². The van der Waals surface area contributed by atoms with Crippen molar-refractivity contribution in [2.75, 3.05) is 9.80 Å². The molecule has 0 atom stereocenters. The second-order valence-electron chi connectivity index (χ2n) is 33.4. The lowest BCUT2D eigenvalue weighted by molar-refractivity contribution is 0.590. The number of nitrogens with zero attached hydrogens (tertiary/aromatic N) is 4. The van der Waals surface area contributed by atoms with Crippen LogP contribution < -0.4 is 26.2 Å². The molecule has 0 amide bonds. The Labute approximate surface area is 716 Å². The number of aromatic nitrogens is 2. The molecule has 2 aromatic heterocycles. The maximum absolute atomic E-state index is 12.0. The van der Waals surface area contributed by atoms with Crippen molar-refractivity contribution in [3.63, 3.8) is 0 Å². The highest BCUT2D eigenvalue weighted by atomic mass is 15.2. The van der Waals surface area contributed by atoms with Crippen molar-refractivity contribution in [3.8, 4) is 78.1 Å². The fraction of sp³-hybridized carbons (Fsp3) is 0.0702. The normalized spacial score (nSPS) is 14.6. The van der Waals surface area contributed by atoms with Gasteiger partial charge in [0.05, 0.1) is 55.4 Å². The van der Waals surface area contributed by atoms with Crippen LogP contribution in [0, 0.1) is 0 Å². The number of hydrogen-bond donors (Lipinski definition) is 0. The van der Waals surface area contributed by atoms with Crippen LogP contribution >= 0.6 is 0 Å². The van der Waals surface area contributed by atoms with Gasteiger partial charge >= 0.3 is 0 Å². The van der Waals surface area contributed by atoms with Crippen LogP contribution in [0.1, 0.15) is 74.6 Å². The Morgan fingerprint density at radius 1 is 0.252 bits per heavy atom. The highest BCUT2D eigenvalue weighted by molar-refractivity contribution is 7.00. The Bertz CT molecular complexity index is 8590. The first-order valence-electron chi connectivity index (χ1n) is 48.5. The molecule has 4 nitrogen and oxygen atoms in total. The molecule has 4 heterocycles. The van der Waals surface area contributed by atoms with Gasteiger partial charge < -0.3 is 18.9 Å². The predicted molar refractivity (Wildman–Crippen MR) is 509 cm³/mol. The van der Waals surface area contributed by atoms with Crippen LogP contribution in [0.4, 0.5) is 34.1 Å². The highest BCUT2D eigenvalue weighted by Crippen LogP contribution is 2.57. The van der Waals surface area contributed by atoms with Gasteiger partial charge in [-0.15, -0.1) is 0 Å². The van der Waals surface area contributed by atoms with Gasteiger partial charge in [0, 0.05) is 77.9 Å². The summed E-state index contributed by atoms with van der Waals surface area (Å²) in [5, 5.41) is 7.98. The van der Waals surface area contributed by atoms with Crippen LogP contribution in [0.15, 0.2) is 394 Å². The minimum atomic E-state index is -1.07. The zero-order chi connectivity index (χ0) is 93.4. The number of hydrogen-bond acceptors (Lipinski definition) is 2. The summed E-state index contributed by atoms with van der Waals surface area (Å²) in [6, 6.07) is 93.0. The van der Waals surface area contributed by atoms with Crippen molar-refractivity contribution in [3.05, 3.63) is 405 Å². The molecule has 0 bridgehead atoms. The van der Waals surface area contributed by atoms with Gasteiger partial charge in [0.15, 0.2) is 0 Å². The minimum Gasteiger partial charge on any atom is -0.310 e. The lowest BCUT2D eigenvalue weighted by Crippen LogP contribution is -2.61. The van der Waals surface area contributed by atoms with Gasteiger partial charge in [-0.1, -0.05) is 351 Å². The summed E-state index contributed by atoms with van der Waals surface area (Å²) in [6.45, 7) is 11.6. The Kier molecular flexibility index (Phi) is 12.5. The van der Waals surface area contributed by atoms with Crippen LogP contribution in [-0.4, -0.2) is 15.8 Å². The van der Waals surface area contributed by atoms with Crippen molar-refractivity contribution in [1.29, 1.82) is 0 Å². The van der Waals surface area contributed by atoms with Gasteiger partial charge in [0.25, 0.3) is 6.71 Å². The molecule has 0 spiro atoms. The summed E-state index contributed by atoms with van der Waals surface area (Å²) in [4.78, 5) is 4.39. The van der Waals surface area contributed by atoms with Crippen LogP contribution in [0.2, 0.25) is 0 Å². The molecule has 0 unspecified atom stereocenters. The zero-order valence-electron chi connectivity index (χ0n) is 82.2. The largest absolute Gasteiger partial charge is 0.310 e. The molecule has 23 rings (SSSR count). The van der Waals surface area contributed by atoms with Crippen molar-refractivity contribution in [2.24, 2.45) is 0 Å². The van der Waals surface area contributed by atoms with Crippen LogP contribution in [-0.2, 0) is 10.8 Å². The molecule has 2 aliphatic heterocycles. The van der Waals surface area contributed by atoms with E-state index in [1.54, 1.807) is 57.7 Å². The van der Waals surface area contributed by atoms with Gasteiger partial charge in [0.1, 0.15) is 0 Å². The van der Waals surface area contributed by atoms with Crippen LogP contribution in [0.3, 0.4) is 0 Å². The van der Waals surface area contributed by atoms with Gasteiger partial charge in [-0.25, -0.2) is 0 Å². The summed E-state index contributed by atoms with van der Waals surface area (Å²) >= 11 is 0. The van der Waals surface area contributed by atoms with E-state index in [4.69, 9.17) is 0 Å². The van der Waals surface area contributed by atoms with Crippen LogP contribution in [0.5, 0.6) is 0 Å². The van der Waals surface area contributed by atoms with E-state index in [1.165, 1.54) is 0 Å². The highest BCUT2D eigenvalue weighted by Gasteiger charge is 2.47. The Morgan fingerprint density at radius 2 is 0.630 bits per heavy atom. The molecular formula is C114H83BN4. The summed E-state index contributed by atoms with van der Waals surface area (Å²) < 4.78 is 168. The van der Waals surface area contributed by atoms with Crippen LogP contribution in [0.25, 0.3) is 165 Å². The molecule has 19 aromatic carbocycles. The third-order valence-corrected chi connectivity index (χ3v) is 24.4. The maximum atomic E-state index is 12.0. The number of rotatable bonds is 10. The van der Waals surface area contributed by atoms with E-state index >= 15 is 0 Å². The smallest absolute Gasteiger partial charge is 0.252 e. The average Bonchev–Trinajstić information content (AvgIpc) is 0.704. The standard InChI is InChI=1S/C114H83BN4/c1-113(2,3)80-66-96(74-34-15-9-16-35-74)112(97(67-80)75-36-17-10-18-37-75)119-107-71-83(117-103-51-26-24-43-93(103)99-65-79(55-63-105(99)117)73-32-13-8-14-33-73)57-61-101(107)115-100-60-56-82(116-102-50-25-23-42-92(102)98-64-78(54-62-104(98)116)72-30-11-7-12-31-72)70-106(100)118(108-68-81(114(4,5)6)69-109(119)110(108)115)111-94(88-46-27-44-86-84-40-21-19-38-76(84)52-58-90(86)88)48-29-49-95(111)89-47-28-45-87-85-41-22-20-39-77(85)53-59-91(87)89/h7-71H,1-6H3/i23D,24D,25D,26D,42D,43D,50D,51D,54D,55D,62D,63D,64D,65D,68D,69D. The number of para-hydroxylation sites is 3. The zero-order valence-corrected chi connectivity index (χ0v) is 66.2. The summed E-state index contributed by atoms with van der Waals surface area (Å²) in [5.74, 6) is 0. The molecule has 0 radical (unpaired) electrons. The van der Waals surface area contributed by atoms with E-state index in [9.17, 15) is 21.9 Å². The molecule has 562 valence electrons. The third kappa shape index (κ3) is 11.1. The van der Waals surface area contributed by atoms with Gasteiger partial charge in [-0.05, 0) is 211 Å². The van der Waals surface area contributed by atoms with E-state index in [1.807, 2.05) is 130 Å². The van der Waals surface area contributed by atoms with Gasteiger partial charge in [0.2, 0.25) is 0 Å². The molecule has 0 saturated heterocycles. The molecule has 5 heteroatoms. The summed E-state index contributed by atoms with van der Waals surface area (Å²) in [6.07, 6.45) is 0. The molecule has 0 saturated carbocycles. The fourth-order valence-electron chi connectivity index (χ4n) is 18.7. The van der Waals surface area contributed by atoms with Gasteiger partial charge in [-0.3, -0.25) is 0 Å². The second-order valence-corrected chi connectivity index (χ2v) is 33.4. The van der Waals surface area contributed by atoms with Gasteiger partial charge in [-0.2, -0.15) is 0 Å². The lowest BCUT2D eigenvalue weighted by atomic mass is 9.33. The Hall–Kier alpha value is -14.5. The topological polar surface area (TPSA) is 16.3 Å². The molecule has 21 aromatic rings. The lowest BCUT2D eigenvalue weighted by Gasteiger charge is -2.46. The third-order valence-electron chi connectivity index (χ3n) is 24.4. The van der Waals surface area contributed by atoms with E-state index < -0.39 is 65.9 Å². The van der Waals surface area contributed by atoms with E-state index in [2.05, 4.69) is 170 Å². The molecule has 119 heavy (non-hydrogen) atoms. The quantitative estimate of drug-likeness (QED) is 0.100. The van der Waals surface area contributed by atoms with Crippen molar-refractivity contribution < 1.29 is 21.9 Å². The molecule has 0 fully saturated rings. The summed E-state index contributed by atoms with van der Waals surface area (Å²) in [5.41, 5.74) is 12.4. The first-order chi connectivity index (χ1) is 65.0.